The number of ether oxygens (including phenoxy) is 2. The standard InChI is InChI=1S/C18H22N2O5.C2H6.CH5N/c1-6-13(17(23)25-18(3,4)5)24-16-15-11(7-8-19-16)20-10(2)14(15)12(22)9-21;2*1-2/h7-9,13,20H,6H2,1-5H3;1-2H3;2H2,1H3. The highest BCUT2D eigenvalue weighted by Crippen LogP contribution is 2.30. The van der Waals surface area contributed by atoms with Crippen molar-refractivity contribution in [1.29, 1.82) is 0 Å². The van der Waals surface area contributed by atoms with Gasteiger partial charge in [-0.1, -0.05) is 20.8 Å². The van der Waals surface area contributed by atoms with E-state index < -0.39 is 23.5 Å². The molecule has 1 atom stereocenters. The number of Topliss-reactive ketones (excluding diaryl/α,β-unsaturated/α-hetero) is 1. The molecule has 0 spiro atoms. The number of pyridine rings is 1. The number of hydrogen-bond donors (Lipinski definition) is 2. The number of nitrogens with zero attached hydrogens (tertiary/aromatic N) is 1. The van der Waals surface area contributed by atoms with Gasteiger partial charge in [-0.05, 0) is 47.2 Å². The lowest BCUT2D eigenvalue weighted by Gasteiger charge is -2.23. The second-order valence-electron chi connectivity index (χ2n) is 6.69. The Labute approximate surface area is 172 Å². The third kappa shape index (κ3) is 6.98. The zero-order valence-corrected chi connectivity index (χ0v) is 18.6. The third-order valence-corrected chi connectivity index (χ3v) is 3.51. The predicted molar refractivity (Wildman–Crippen MR) is 113 cm³/mol. The smallest absolute Gasteiger partial charge is 0.347 e. The number of aldehydes is 1. The molecule has 0 aliphatic rings. The molecule has 0 aromatic carbocycles. The number of rotatable bonds is 6. The van der Waals surface area contributed by atoms with Crippen molar-refractivity contribution >= 4 is 28.9 Å². The average molecular weight is 408 g/mol. The van der Waals surface area contributed by atoms with Crippen LogP contribution in [0.3, 0.4) is 0 Å². The number of aryl methyl sites for hydroxylation is 1. The second kappa shape index (κ2) is 12.0. The summed E-state index contributed by atoms with van der Waals surface area (Å²) in [7, 11) is 1.50. The van der Waals surface area contributed by atoms with E-state index in [-0.39, 0.29) is 17.7 Å². The maximum Gasteiger partial charge on any atom is 0.347 e. The number of esters is 1. The number of hydrogen-bond acceptors (Lipinski definition) is 7. The molecule has 162 valence electrons. The first-order chi connectivity index (χ1) is 13.7. The predicted octanol–water partition coefficient (Wildman–Crippen LogP) is 3.35. The van der Waals surface area contributed by atoms with Crippen molar-refractivity contribution in [1.82, 2.24) is 9.97 Å². The van der Waals surface area contributed by atoms with E-state index in [1.807, 2.05) is 13.8 Å². The maximum absolute atomic E-state index is 12.3. The Bertz CT molecular complexity index is 822. The molecule has 0 radical (unpaired) electrons. The van der Waals surface area contributed by atoms with E-state index in [2.05, 4.69) is 15.7 Å². The number of aromatic nitrogens is 2. The van der Waals surface area contributed by atoms with Gasteiger partial charge < -0.3 is 20.2 Å². The van der Waals surface area contributed by atoms with Crippen LogP contribution in [0.2, 0.25) is 0 Å². The van der Waals surface area contributed by atoms with Gasteiger partial charge in [-0.15, -0.1) is 0 Å². The minimum absolute atomic E-state index is 0.116. The molecule has 0 saturated carbocycles. The zero-order chi connectivity index (χ0) is 22.8. The molecule has 2 aromatic heterocycles. The highest BCUT2D eigenvalue weighted by Gasteiger charge is 2.28. The molecule has 2 aromatic rings. The molecule has 0 aliphatic carbocycles. The maximum atomic E-state index is 12.3. The van der Waals surface area contributed by atoms with Gasteiger partial charge in [0.05, 0.1) is 16.5 Å². The van der Waals surface area contributed by atoms with Gasteiger partial charge >= 0.3 is 5.97 Å². The van der Waals surface area contributed by atoms with Gasteiger partial charge in [0.2, 0.25) is 11.7 Å². The molecule has 29 heavy (non-hydrogen) atoms. The minimum atomic E-state index is -0.869. The van der Waals surface area contributed by atoms with Gasteiger partial charge in [-0.2, -0.15) is 0 Å². The van der Waals surface area contributed by atoms with Crippen molar-refractivity contribution in [2.24, 2.45) is 5.73 Å². The van der Waals surface area contributed by atoms with Crippen molar-refractivity contribution in [2.45, 2.75) is 66.6 Å². The molecule has 8 heteroatoms. The van der Waals surface area contributed by atoms with E-state index in [0.717, 1.165) is 0 Å². The first kappa shape index (κ1) is 26.3. The van der Waals surface area contributed by atoms with E-state index in [1.54, 1.807) is 40.7 Å². The number of fused-ring (bicyclic) bond motifs is 1. The average Bonchev–Trinajstić information content (AvgIpc) is 3.03. The molecule has 0 fully saturated rings. The fraction of sp³-hybridized carbons (Fsp3) is 0.524. The number of aromatic amines is 1. The lowest BCUT2D eigenvalue weighted by atomic mass is 10.1. The van der Waals surface area contributed by atoms with Crippen LogP contribution in [0.5, 0.6) is 5.88 Å². The molecule has 2 rings (SSSR count). The molecule has 0 bridgehead atoms. The quantitative estimate of drug-likeness (QED) is 0.325. The Balaban J connectivity index is 0.00000184. The SMILES string of the molecule is CC.CCC(Oc1nccc2[nH]c(C)c(C(=O)C=O)c12)C(=O)OC(C)(C)C.CN. The summed E-state index contributed by atoms with van der Waals surface area (Å²) >= 11 is 0. The zero-order valence-electron chi connectivity index (χ0n) is 18.6. The number of nitrogens with one attached hydrogen (secondary N) is 1. The number of H-pyrrole nitrogens is 1. The Hall–Kier alpha value is -2.74. The van der Waals surface area contributed by atoms with E-state index >= 15 is 0 Å². The second-order valence-corrected chi connectivity index (χ2v) is 6.69. The molecule has 0 saturated heterocycles. The molecule has 8 nitrogen and oxygen atoms in total. The highest BCUT2D eigenvalue weighted by molar-refractivity contribution is 6.37. The first-order valence-electron chi connectivity index (χ1n) is 9.62. The fourth-order valence-corrected chi connectivity index (χ4v) is 2.50. The van der Waals surface area contributed by atoms with Crippen molar-refractivity contribution < 1.29 is 23.9 Å². The van der Waals surface area contributed by atoms with Gasteiger partial charge in [-0.3, -0.25) is 9.59 Å². The Morgan fingerprint density at radius 2 is 1.86 bits per heavy atom. The van der Waals surface area contributed by atoms with Crippen LogP contribution < -0.4 is 10.5 Å². The van der Waals surface area contributed by atoms with E-state index in [0.29, 0.717) is 23.0 Å². The lowest BCUT2D eigenvalue weighted by molar-refractivity contribution is -0.163. The van der Waals surface area contributed by atoms with Gasteiger partial charge in [-0.25, -0.2) is 9.78 Å². The summed E-state index contributed by atoms with van der Waals surface area (Å²) in [4.78, 5) is 42.4. The fourth-order valence-electron chi connectivity index (χ4n) is 2.50. The van der Waals surface area contributed by atoms with Crippen molar-refractivity contribution in [3.63, 3.8) is 0 Å². The summed E-state index contributed by atoms with van der Waals surface area (Å²) in [6.07, 6.45) is 1.25. The van der Waals surface area contributed by atoms with Crippen LogP contribution >= 0.6 is 0 Å². The summed E-state index contributed by atoms with van der Waals surface area (Å²) in [5, 5.41) is 0.388. The highest BCUT2D eigenvalue weighted by atomic mass is 16.6. The summed E-state index contributed by atoms with van der Waals surface area (Å²) in [5.41, 5.74) is 5.20. The molecular weight excluding hydrogens is 374 g/mol. The van der Waals surface area contributed by atoms with Crippen molar-refractivity contribution in [3.05, 3.63) is 23.5 Å². The monoisotopic (exact) mass is 407 g/mol. The Kier molecular flexibility index (Phi) is 10.8. The molecule has 0 aliphatic heterocycles. The number of carbonyl (C=O) groups excluding carboxylic acids is 3. The van der Waals surface area contributed by atoms with Crippen LogP contribution in [0.4, 0.5) is 0 Å². The van der Waals surface area contributed by atoms with Crippen LogP contribution in [0.15, 0.2) is 12.3 Å². The number of ketones is 1. The van der Waals surface area contributed by atoms with E-state index in [4.69, 9.17) is 9.47 Å². The van der Waals surface area contributed by atoms with Crippen molar-refractivity contribution in [2.75, 3.05) is 7.05 Å². The first-order valence-corrected chi connectivity index (χ1v) is 9.62. The van der Waals surface area contributed by atoms with Gasteiger partial charge in [0.25, 0.3) is 0 Å². The third-order valence-electron chi connectivity index (χ3n) is 3.51. The minimum Gasteiger partial charge on any atom is -0.462 e. The summed E-state index contributed by atoms with van der Waals surface area (Å²) < 4.78 is 11.1. The summed E-state index contributed by atoms with van der Waals surface area (Å²) in [6, 6.07) is 1.67. The number of nitrogens with two attached hydrogens (primary N) is 1. The normalized spacial score (nSPS) is 11.3. The van der Waals surface area contributed by atoms with E-state index in [1.165, 1.54) is 13.2 Å². The van der Waals surface area contributed by atoms with Crippen molar-refractivity contribution in [3.8, 4) is 5.88 Å². The molecular formula is C21H33N3O5. The van der Waals surface area contributed by atoms with Crippen LogP contribution in [0.1, 0.15) is 64.0 Å². The van der Waals surface area contributed by atoms with Gasteiger partial charge in [0.15, 0.2) is 12.4 Å². The lowest BCUT2D eigenvalue weighted by Crippen LogP contribution is -2.35. The summed E-state index contributed by atoms with van der Waals surface area (Å²) in [5.74, 6) is -1.07. The Morgan fingerprint density at radius 3 is 2.34 bits per heavy atom. The van der Waals surface area contributed by atoms with Crippen LogP contribution in [-0.2, 0) is 14.3 Å². The molecule has 2 heterocycles. The molecule has 0 amide bonds. The van der Waals surface area contributed by atoms with Crippen LogP contribution in [-0.4, -0.2) is 46.8 Å². The topological polar surface area (TPSA) is 124 Å². The van der Waals surface area contributed by atoms with Gasteiger partial charge in [0, 0.05) is 11.9 Å². The molecule has 3 N–H and O–H groups in total. The van der Waals surface area contributed by atoms with Crippen LogP contribution in [0, 0.1) is 6.92 Å². The van der Waals surface area contributed by atoms with Gasteiger partial charge in [0.1, 0.15) is 5.60 Å². The largest absolute Gasteiger partial charge is 0.462 e. The summed E-state index contributed by atoms with van der Waals surface area (Å²) in [6.45, 7) is 12.8. The Morgan fingerprint density at radius 1 is 1.28 bits per heavy atom. The number of carbonyl (C=O) groups is 3. The van der Waals surface area contributed by atoms with E-state index in [9.17, 15) is 14.4 Å². The van der Waals surface area contributed by atoms with Crippen LogP contribution in [0.25, 0.3) is 10.9 Å². The molecule has 1 unspecified atom stereocenters.